The van der Waals surface area contributed by atoms with Gasteiger partial charge in [-0.25, -0.2) is 0 Å². The van der Waals surface area contributed by atoms with Crippen LogP contribution in [0.25, 0.3) is 0 Å². The number of rotatable bonds is 4. The van der Waals surface area contributed by atoms with Gasteiger partial charge in [-0.2, -0.15) is 0 Å². The first-order valence-corrected chi connectivity index (χ1v) is 6.88. The number of hydrogen-bond donors (Lipinski definition) is 2. The molecule has 4 nitrogen and oxygen atoms in total. The van der Waals surface area contributed by atoms with Gasteiger partial charge in [-0.15, -0.1) is 0 Å². The minimum atomic E-state index is 0.0344. The van der Waals surface area contributed by atoms with Gasteiger partial charge in [0.2, 0.25) is 5.91 Å². The van der Waals surface area contributed by atoms with Crippen LogP contribution in [-0.2, 0) is 4.79 Å². The van der Waals surface area contributed by atoms with E-state index in [1.54, 1.807) is 0 Å². The van der Waals surface area contributed by atoms with Crippen molar-refractivity contribution in [3.05, 3.63) is 24.3 Å². The van der Waals surface area contributed by atoms with Gasteiger partial charge >= 0.3 is 0 Å². The molecule has 1 amide bonds. The van der Waals surface area contributed by atoms with E-state index in [0.29, 0.717) is 0 Å². The minimum absolute atomic E-state index is 0.0344. The fourth-order valence-electron chi connectivity index (χ4n) is 2.37. The van der Waals surface area contributed by atoms with Crippen molar-refractivity contribution in [2.45, 2.75) is 39.3 Å². The van der Waals surface area contributed by atoms with Gasteiger partial charge in [-0.05, 0) is 45.9 Å². The first-order valence-electron chi connectivity index (χ1n) is 6.88. The molecule has 19 heavy (non-hydrogen) atoms. The Morgan fingerprint density at radius 1 is 1.42 bits per heavy atom. The third-order valence-electron chi connectivity index (χ3n) is 3.37. The van der Waals surface area contributed by atoms with Crippen LogP contribution in [0.5, 0.6) is 5.75 Å². The molecule has 2 atom stereocenters. The minimum Gasteiger partial charge on any atom is -0.489 e. The van der Waals surface area contributed by atoms with E-state index in [4.69, 9.17) is 4.74 Å². The molecule has 1 aliphatic rings. The van der Waals surface area contributed by atoms with Crippen LogP contribution in [0.3, 0.4) is 0 Å². The zero-order chi connectivity index (χ0) is 13.8. The molecule has 1 aromatic carbocycles. The van der Waals surface area contributed by atoms with E-state index in [1.807, 2.05) is 45.0 Å². The molecule has 0 aromatic heterocycles. The topological polar surface area (TPSA) is 50.4 Å². The van der Waals surface area contributed by atoms with Crippen LogP contribution in [0.2, 0.25) is 0 Å². The maximum Gasteiger partial charge on any atom is 0.229 e. The summed E-state index contributed by atoms with van der Waals surface area (Å²) in [7, 11) is 0. The SMILES string of the molecule is CC(C)Oc1ccccc1NC(=O)C1CCNC1C. The van der Waals surface area contributed by atoms with Crippen molar-refractivity contribution in [1.82, 2.24) is 5.32 Å². The second-order valence-electron chi connectivity index (χ2n) is 5.29. The molecule has 2 N–H and O–H groups in total. The molecule has 0 aliphatic carbocycles. The standard InChI is InChI=1S/C15H22N2O2/c1-10(2)19-14-7-5-4-6-13(14)17-15(18)12-8-9-16-11(12)3/h4-7,10-12,16H,8-9H2,1-3H3,(H,17,18). The Morgan fingerprint density at radius 2 is 2.16 bits per heavy atom. The van der Waals surface area contributed by atoms with E-state index in [1.165, 1.54) is 0 Å². The molecule has 0 radical (unpaired) electrons. The normalized spacial score (nSPS) is 22.5. The average molecular weight is 262 g/mol. The predicted octanol–water partition coefficient (Wildman–Crippen LogP) is 2.41. The molecular formula is C15H22N2O2. The van der Waals surface area contributed by atoms with Gasteiger partial charge in [0.1, 0.15) is 5.75 Å². The van der Waals surface area contributed by atoms with Crippen molar-refractivity contribution >= 4 is 11.6 Å². The monoisotopic (exact) mass is 262 g/mol. The predicted molar refractivity (Wildman–Crippen MR) is 76.4 cm³/mol. The third-order valence-corrected chi connectivity index (χ3v) is 3.37. The fraction of sp³-hybridized carbons (Fsp3) is 0.533. The van der Waals surface area contributed by atoms with Gasteiger partial charge in [0.15, 0.2) is 0 Å². The smallest absolute Gasteiger partial charge is 0.229 e. The largest absolute Gasteiger partial charge is 0.489 e. The first kappa shape index (κ1) is 13.9. The van der Waals surface area contributed by atoms with Crippen LogP contribution < -0.4 is 15.4 Å². The summed E-state index contributed by atoms with van der Waals surface area (Å²) in [5.74, 6) is 0.828. The molecule has 2 unspecified atom stereocenters. The maximum absolute atomic E-state index is 12.3. The highest BCUT2D eigenvalue weighted by Crippen LogP contribution is 2.26. The lowest BCUT2D eigenvalue weighted by molar-refractivity contribution is -0.120. The van der Waals surface area contributed by atoms with Gasteiger partial charge < -0.3 is 15.4 Å². The molecule has 1 fully saturated rings. The molecule has 1 aromatic rings. The summed E-state index contributed by atoms with van der Waals surface area (Å²) in [5.41, 5.74) is 0.750. The van der Waals surface area contributed by atoms with Crippen molar-refractivity contribution < 1.29 is 9.53 Å². The summed E-state index contributed by atoms with van der Waals surface area (Å²) in [6.07, 6.45) is 0.977. The van der Waals surface area contributed by atoms with E-state index < -0.39 is 0 Å². The second kappa shape index (κ2) is 6.06. The zero-order valence-electron chi connectivity index (χ0n) is 11.8. The maximum atomic E-state index is 12.3. The summed E-state index contributed by atoms with van der Waals surface area (Å²) in [5, 5.41) is 6.28. The highest BCUT2D eigenvalue weighted by molar-refractivity contribution is 5.94. The van der Waals surface area contributed by atoms with Gasteiger partial charge in [-0.1, -0.05) is 12.1 Å². The number of nitrogens with one attached hydrogen (secondary N) is 2. The number of amides is 1. The zero-order valence-corrected chi connectivity index (χ0v) is 11.8. The number of carbonyl (C=O) groups is 1. The van der Waals surface area contributed by atoms with E-state index in [-0.39, 0.29) is 24.0 Å². The van der Waals surface area contributed by atoms with Gasteiger partial charge in [0.25, 0.3) is 0 Å². The van der Waals surface area contributed by atoms with Crippen molar-refractivity contribution in [3.63, 3.8) is 0 Å². The molecule has 1 saturated heterocycles. The number of hydrogen-bond acceptors (Lipinski definition) is 3. The van der Waals surface area contributed by atoms with Crippen molar-refractivity contribution in [2.75, 3.05) is 11.9 Å². The molecule has 4 heteroatoms. The lowest BCUT2D eigenvalue weighted by Gasteiger charge is -2.18. The Morgan fingerprint density at radius 3 is 2.79 bits per heavy atom. The van der Waals surface area contributed by atoms with Gasteiger partial charge in [-0.3, -0.25) is 4.79 Å². The number of anilines is 1. The third kappa shape index (κ3) is 3.47. The molecule has 104 valence electrons. The lowest BCUT2D eigenvalue weighted by atomic mass is 10.0. The quantitative estimate of drug-likeness (QED) is 0.876. The summed E-state index contributed by atoms with van der Waals surface area (Å²) >= 11 is 0. The van der Waals surface area contributed by atoms with E-state index in [2.05, 4.69) is 10.6 Å². The average Bonchev–Trinajstić information content (AvgIpc) is 2.77. The number of benzene rings is 1. The van der Waals surface area contributed by atoms with Crippen molar-refractivity contribution in [2.24, 2.45) is 5.92 Å². The Hall–Kier alpha value is -1.55. The highest BCUT2D eigenvalue weighted by Gasteiger charge is 2.29. The van der Waals surface area contributed by atoms with Gasteiger partial charge in [0, 0.05) is 6.04 Å². The van der Waals surface area contributed by atoms with Gasteiger partial charge in [0.05, 0.1) is 17.7 Å². The summed E-state index contributed by atoms with van der Waals surface area (Å²) < 4.78 is 5.71. The van der Waals surface area contributed by atoms with Crippen molar-refractivity contribution in [3.8, 4) is 5.75 Å². The van der Waals surface area contributed by atoms with E-state index in [0.717, 1.165) is 24.4 Å². The molecule has 0 bridgehead atoms. The molecule has 1 heterocycles. The first-order chi connectivity index (χ1) is 9.08. The second-order valence-corrected chi connectivity index (χ2v) is 5.29. The molecule has 1 aliphatic heterocycles. The lowest BCUT2D eigenvalue weighted by Crippen LogP contribution is -2.32. The van der Waals surface area contributed by atoms with Crippen LogP contribution in [-0.4, -0.2) is 24.6 Å². The fourth-order valence-corrected chi connectivity index (χ4v) is 2.37. The van der Waals surface area contributed by atoms with E-state index >= 15 is 0 Å². The van der Waals surface area contributed by atoms with Crippen LogP contribution in [0.4, 0.5) is 5.69 Å². The Labute approximate surface area is 114 Å². The van der Waals surface area contributed by atoms with Crippen molar-refractivity contribution in [1.29, 1.82) is 0 Å². The highest BCUT2D eigenvalue weighted by atomic mass is 16.5. The summed E-state index contributed by atoms with van der Waals surface area (Å²) in [6.45, 7) is 6.90. The number of para-hydroxylation sites is 2. The summed E-state index contributed by atoms with van der Waals surface area (Å²) in [6, 6.07) is 7.80. The Kier molecular flexibility index (Phi) is 4.43. The Bertz CT molecular complexity index is 446. The summed E-state index contributed by atoms with van der Waals surface area (Å²) in [4.78, 5) is 12.3. The molecule has 2 rings (SSSR count). The van der Waals surface area contributed by atoms with Crippen LogP contribution >= 0.6 is 0 Å². The van der Waals surface area contributed by atoms with Crippen LogP contribution in [0.15, 0.2) is 24.3 Å². The van der Waals surface area contributed by atoms with E-state index in [9.17, 15) is 4.79 Å². The molecule has 0 saturated carbocycles. The molecular weight excluding hydrogens is 240 g/mol. The van der Waals surface area contributed by atoms with Crippen LogP contribution in [0, 0.1) is 5.92 Å². The molecule has 0 spiro atoms. The Balaban J connectivity index is 2.08. The number of carbonyl (C=O) groups excluding carboxylic acids is 1. The van der Waals surface area contributed by atoms with Crippen LogP contribution in [0.1, 0.15) is 27.2 Å². The number of ether oxygens (including phenoxy) is 1.